The molecule has 25 heavy (non-hydrogen) atoms. The molecule has 0 atom stereocenters. The Hall–Kier alpha value is -3.41. The van der Waals surface area contributed by atoms with Crippen molar-refractivity contribution in [3.8, 4) is 23.0 Å². The van der Waals surface area contributed by atoms with Crippen LogP contribution in [0.15, 0.2) is 53.1 Å². The van der Waals surface area contributed by atoms with Crippen molar-refractivity contribution in [2.24, 2.45) is 0 Å². The molecule has 2 aromatic carbocycles. The molecule has 0 saturated heterocycles. The Bertz CT molecular complexity index is 944. The number of para-hydroxylation sites is 2. The number of hydrogen-bond donors (Lipinski definition) is 1. The lowest BCUT2D eigenvalue weighted by Gasteiger charge is -2.05. The van der Waals surface area contributed by atoms with E-state index in [0.717, 1.165) is 11.1 Å². The van der Waals surface area contributed by atoms with E-state index in [1.807, 2.05) is 19.1 Å². The first-order valence-electron chi connectivity index (χ1n) is 7.63. The van der Waals surface area contributed by atoms with Crippen molar-refractivity contribution in [1.82, 2.24) is 10.1 Å². The quantitative estimate of drug-likeness (QED) is 0.574. The number of aromatic hydroxyl groups is 1. The highest BCUT2D eigenvalue weighted by Gasteiger charge is 2.13. The molecule has 0 bridgehead atoms. The SMILES string of the molecule is CC(=O)Oc1ccccc1/C=C(\C)c1noc(-c2ccccc2O)n1. The normalized spacial score (nSPS) is 11.4. The molecular weight excluding hydrogens is 320 g/mol. The molecule has 1 aromatic heterocycles. The molecule has 6 heteroatoms. The van der Waals surface area contributed by atoms with E-state index in [1.165, 1.54) is 6.92 Å². The molecule has 0 aliphatic heterocycles. The molecule has 3 aromatic rings. The van der Waals surface area contributed by atoms with Gasteiger partial charge in [0, 0.05) is 12.5 Å². The molecule has 0 spiro atoms. The van der Waals surface area contributed by atoms with E-state index < -0.39 is 0 Å². The van der Waals surface area contributed by atoms with Gasteiger partial charge in [-0.1, -0.05) is 35.5 Å². The molecule has 1 N–H and O–H groups in total. The molecule has 0 aliphatic rings. The lowest BCUT2D eigenvalue weighted by atomic mass is 10.1. The summed E-state index contributed by atoms with van der Waals surface area (Å²) in [5.74, 6) is 0.753. The average molecular weight is 336 g/mol. The number of esters is 1. The Kier molecular flexibility index (Phi) is 4.61. The van der Waals surface area contributed by atoms with Crippen molar-refractivity contribution >= 4 is 17.6 Å². The molecule has 0 radical (unpaired) electrons. The van der Waals surface area contributed by atoms with Gasteiger partial charge < -0.3 is 14.4 Å². The molecule has 6 nitrogen and oxygen atoms in total. The number of carbonyl (C=O) groups is 1. The number of hydrogen-bond acceptors (Lipinski definition) is 6. The number of rotatable bonds is 4. The summed E-state index contributed by atoms with van der Waals surface area (Å²) in [5, 5.41) is 13.8. The molecule has 0 amide bonds. The topological polar surface area (TPSA) is 85.5 Å². The van der Waals surface area contributed by atoms with Gasteiger partial charge >= 0.3 is 5.97 Å². The fourth-order valence-corrected chi connectivity index (χ4v) is 2.29. The summed E-state index contributed by atoms with van der Waals surface area (Å²) in [4.78, 5) is 15.5. The van der Waals surface area contributed by atoms with Crippen LogP contribution in [0, 0.1) is 0 Å². The molecule has 3 rings (SSSR count). The number of aromatic nitrogens is 2. The molecule has 0 aliphatic carbocycles. The Balaban J connectivity index is 1.92. The lowest BCUT2D eigenvalue weighted by molar-refractivity contribution is -0.131. The van der Waals surface area contributed by atoms with E-state index in [0.29, 0.717) is 17.1 Å². The van der Waals surface area contributed by atoms with E-state index in [1.54, 1.807) is 42.5 Å². The third kappa shape index (κ3) is 3.74. The van der Waals surface area contributed by atoms with Gasteiger partial charge in [-0.05, 0) is 36.8 Å². The van der Waals surface area contributed by atoms with Crippen LogP contribution in [0.25, 0.3) is 23.1 Å². The molecule has 0 fully saturated rings. The zero-order chi connectivity index (χ0) is 17.8. The first kappa shape index (κ1) is 16.4. The van der Waals surface area contributed by atoms with Crippen LogP contribution in [0.2, 0.25) is 0 Å². The van der Waals surface area contributed by atoms with Crippen LogP contribution in [-0.2, 0) is 4.79 Å². The van der Waals surface area contributed by atoms with Gasteiger partial charge in [0.1, 0.15) is 11.5 Å². The van der Waals surface area contributed by atoms with Gasteiger partial charge in [0.05, 0.1) is 5.56 Å². The highest BCUT2D eigenvalue weighted by atomic mass is 16.5. The van der Waals surface area contributed by atoms with Gasteiger partial charge in [-0.25, -0.2) is 0 Å². The maximum atomic E-state index is 11.2. The van der Waals surface area contributed by atoms with Crippen molar-refractivity contribution < 1.29 is 19.2 Å². The van der Waals surface area contributed by atoms with E-state index in [2.05, 4.69) is 10.1 Å². The maximum absolute atomic E-state index is 11.2. The minimum Gasteiger partial charge on any atom is -0.507 e. The van der Waals surface area contributed by atoms with Crippen LogP contribution < -0.4 is 4.74 Å². The van der Waals surface area contributed by atoms with E-state index in [4.69, 9.17) is 9.26 Å². The van der Waals surface area contributed by atoms with Crippen LogP contribution in [0.1, 0.15) is 25.2 Å². The average Bonchev–Trinajstić information content (AvgIpc) is 3.06. The Morgan fingerprint density at radius 2 is 1.84 bits per heavy atom. The summed E-state index contributed by atoms with van der Waals surface area (Å²) >= 11 is 0. The first-order valence-corrected chi connectivity index (χ1v) is 7.63. The fraction of sp³-hybridized carbons (Fsp3) is 0.105. The fourth-order valence-electron chi connectivity index (χ4n) is 2.29. The summed E-state index contributed by atoms with van der Waals surface area (Å²) in [6.07, 6.45) is 1.80. The zero-order valence-corrected chi connectivity index (χ0v) is 13.8. The standard InChI is InChI=1S/C19H16N2O4/c1-12(11-14-7-3-6-10-17(14)24-13(2)22)18-20-19(25-21-18)15-8-4-5-9-16(15)23/h3-11,23H,1-2H3/b12-11+. The van der Waals surface area contributed by atoms with Gasteiger partial charge in [0.2, 0.25) is 0 Å². The largest absolute Gasteiger partial charge is 0.507 e. The first-order chi connectivity index (χ1) is 12.0. The number of ether oxygens (including phenoxy) is 1. The van der Waals surface area contributed by atoms with Gasteiger partial charge in [-0.2, -0.15) is 4.98 Å². The predicted molar refractivity (Wildman–Crippen MR) is 92.7 cm³/mol. The van der Waals surface area contributed by atoms with Crippen LogP contribution in [0.4, 0.5) is 0 Å². The van der Waals surface area contributed by atoms with E-state index >= 15 is 0 Å². The predicted octanol–water partition coefficient (Wildman–Crippen LogP) is 3.93. The van der Waals surface area contributed by atoms with Crippen molar-refractivity contribution in [2.45, 2.75) is 13.8 Å². The number of phenols is 1. The van der Waals surface area contributed by atoms with Crippen LogP contribution in [0.3, 0.4) is 0 Å². The summed E-state index contributed by atoms with van der Waals surface area (Å²) < 4.78 is 10.4. The monoisotopic (exact) mass is 336 g/mol. The van der Waals surface area contributed by atoms with E-state index in [9.17, 15) is 9.90 Å². The van der Waals surface area contributed by atoms with Gasteiger partial charge in [-0.3, -0.25) is 4.79 Å². The highest BCUT2D eigenvalue weighted by molar-refractivity contribution is 5.81. The third-order valence-electron chi connectivity index (χ3n) is 3.46. The zero-order valence-electron chi connectivity index (χ0n) is 13.8. The summed E-state index contributed by atoms with van der Waals surface area (Å²) in [6, 6.07) is 13.9. The third-order valence-corrected chi connectivity index (χ3v) is 3.46. The molecule has 0 saturated carbocycles. The van der Waals surface area contributed by atoms with Crippen molar-refractivity contribution in [3.63, 3.8) is 0 Å². The summed E-state index contributed by atoms with van der Waals surface area (Å²) in [5.41, 5.74) is 1.92. The number of allylic oxidation sites excluding steroid dienone is 1. The second-order valence-electron chi connectivity index (χ2n) is 5.40. The molecular formula is C19H16N2O4. The number of nitrogens with zero attached hydrogens (tertiary/aromatic N) is 2. The second-order valence-corrected chi connectivity index (χ2v) is 5.40. The van der Waals surface area contributed by atoms with Gasteiger partial charge in [0.15, 0.2) is 5.82 Å². The van der Waals surface area contributed by atoms with Crippen LogP contribution in [-0.4, -0.2) is 21.2 Å². The van der Waals surface area contributed by atoms with E-state index in [-0.39, 0.29) is 17.6 Å². The van der Waals surface area contributed by atoms with Crippen molar-refractivity contribution in [2.75, 3.05) is 0 Å². The highest BCUT2D eigenvalue weighted by Crippen LogP contribution is 2.29. The second kappa shape index (κ2) is 7.00. The summed E-state index contributed by atoms with van der Waals surface area (Å²) in [6.45, 7) is 3.18. The van der Waals surface area contributed by atoms with Crippen molar-refractivity contribution in [1.29, 1.82) is 0 Å². The minimum atomic E-state index is -0.389. The van der Waals surface area contributed by atoms with Crippen LogP contribution >= 0.6 is 0 Å². The Morgan fingerprint density at radius 3 is 2.60 bits per heavy atom. The lowest BCUT2D eigenvalue weighted by Crippen LogP contribution is -2.02. The Labute approximate surface area is 144 Å². The Morgan fingerprint density at radius 1 is 1.12 bits per heavy atom. The number of benzene rings is 2. The van der Waals surface area contributed by atoms with Crippen molar-refractivity contribution in [3.05, 3.63) is 59.9 Å². The summed E-state index contributed by atoms with van der Waals surface area (Å²) in [7, 11) is 0. The van der Waals surface area contributed by atoms with Gasteiger partial charge in [-0.15, -0.1) is 0 Å². The maximum Gasteiger partial charge on any atom is 0.308 e. The molecule has 126 valence electrons. The van der Waals surface area contributed by atoms with Crippen LogP contribution in [0.5, 0.6) is 11.5 Å². The number of phenolic OH excluding ortho intramolecular Hbond substituents is 1. The minimum absolute atomic E-state index is 0.0690. The molecule has 1 heterocycles. The smallest absolute Gasteiger partial charge is 0.308 e. The van der Waals surface area contributed by atoms with Gasteiger partial charge in [0.25, 0.3) is 5.89 Å². The molecule has 0 unspecified atom stereocenters. The number of carbonyl (C=O) groups excluding carboxylic acids is 1.